The summed E-state index contributed by atoms with van der Waals surface area (Å²) in [5.41, 5.74) is 4.22. The van der Waals surface area contributed by atoms with Gasteiger partial charge >= 0.3 is 0 Å². The number of anilines is 3. The molecule has 2 amide bonds. The molecular weight excluding hydrogens is 784 g/mol. The summed E-state index contributed by atoms with van der Waals surface area (Å²) < 4.78 is 6.40. The highest BCUT2D eigenvalue weighted by molar-refractivity contribution is 9.13. The molecule has 1 heterocycles. The van der Waals surface area contributed by atoms with Crippen molar-refractivity contribution in [3.05, 3.63) is 109 Å². The van der Waals surface area contributed by atoms with Crippen LogP contribution in [0.15, 0.2) is 103 Å². The number of carbonyl (C=O) groups is 4. The first-order valence-corrected chi connectivity index (χ1v) is 16.9. The molecule has 8 nitrogen and oxygen atoms in total. The fraction of sp³-hybridized carbons (Fsp3) is 0.200. The summed E-state index contributed by atoms with van der Waals surface area (Å²) in [6.45, 7) is 0. The van der Waals surface area contributed by atoms with Gasteiger partial charge in [-0.25, -0.2) is 0 Å². The normalized spacial score (nSPS) is 23.9. The molecule has 3 aromatic rings. The standard InChI is InChI=1S/C35H25Br3N2O6/c1-46-26-14-22(30(37)31(38)33(26)43)27-19-11-12-20-28(21(19)13-23-29(27)25(41)15-24(36)32(23)42)35(45)40(34(20)44)18-9-7-17(8-10-18)39-16-5-3-2-4-6-16/h2-11,14-15,20-21,27-28,39,43H,12-13H2,1H3/t20-,21+,27+,28-/m0/s1. The molecule has 0 saturated carbocycles. The number of benzene rings is 3. The van der Waals surface area contributed by atoms with E-state index in [1.165, 1.54) is 18.1 Å². The summed E-state index contributed by atoms with van der Waals surface area (Å²) in [4.78, 5) is 56.6. The first kappa shape index (κ1) is 30.8. The number of amides is 2. The molecule has 0 spiro atoms. The number of ketones is 2. The molecule has 46 heavy (non-hydrogen) atoms. The number of allylic oxidation sites excluding steroid dienone is 6. The molecule has 232 valence electrons. The van der Waals surface area contributed by atoms with Crippen LogP contribution in [0.5, 0.6) is 11.5 Å². The van der Waals surface area contributed by atoms with Crippen LogP contribution in [0, 0.1) is 17.8 Å². The van der Waals surface area contributed by atoms with Gasteiger partial charge in [0.2, 0.25) is 11.8 Å². The van der Waals surface area contributed by atoms with Gasteiger partial charge in [0.1, 0.15) is 0 Å². The zero-order valence-electron chi connectivity index (χ0n) is 24.2. The van der Waals surface area contributed by atoms with Crippen LogP contribution in [0.25, 0.3) is 0 Å². The van der Waals surface area contributed by atoms with Crippen molar-refractivity contribution >= 4 is 88.2 Å². The fourth-order valence-electron chi connectivity index (χ4n) is 7.18. The second-order valence-electron chi connectivity index (χ2n) is 11.6. The number of rotatable bonds is 5. The monoisotopic (exact) mass is 806 g/mol. The van der Waals surface area contributed by atoms with Crippen LogP contribution in [0.4, 0.5) is 17.1 Å². The number of ether oxygens (including phenoxy) is 1. The maximum atomic E-state index is 14.3. The van der Waals surface area contributed by atoms with E-state index in [0.29, 0.717) is 37.8 Å². The molecule has 2 N–H and O–H groups in total. The minimum atomic E-state index is -0.722. The Morgan fingerprint density at radius 3 is 2.28 bits per heavy atom. The van der Waals surface area contributed by atoms with E-state index in [4.69, 9.17) is 4.74 Å². The number of hydrogen-bond donors (Lipinski definition) is 2. The van der Waals surface area contributed by atoms with Crippen molar-refractivity contribution in [1.82, 2.24) is 0 Å². The van der Waals surface area contributed by atoms with Crippen molar-refractivity contribution in [2.24, 2.45) is 17.8 Å². The van der Waals surface area contributed by atoms with Gasteiger partial charge in [-0.15, -0.1) is 0 Å². The quantitative estimate of drug-likeness (QED) is 0.155. The van der Waals surface area contributed by atoms with Gasteiger partial charge in [-0.3, -0.25) is 24.1 Å². The SMILES string of the molecule is COc1cc([C@H]2C3=CC[C@@H]4C(=O)N(c5ccc(Nc6ccccc6)cc5)C(=O)[C@@H]4[C@@H]3CC3=C2C(=O)C=C(Br)C3=O)c(Br)c(Br)c1O. The van der Waals surface area contributed by atoms with E-state index in [1.807, 2.05) is 48.5 Å². The Bertz CT molecular complexity index is 1950. The predicted molar refractivity (Wildman–Crippen MR) is 183 cm³/mol. The number of nitrogens with zero attached hydrogens (tertiary/aromatic N) is 1. The number of phenolic OH excluding ortho intramolecular Hbond substituents is 1. The highest BCUT2D eigenvalue weighted by Gasteiger charge is 2.57. The Labute approximate surface area is 289 Å². The van der Waals surface area contributed by atoms with Crippen LogP contribution >= 0.6 is 47.8 Å². The Hall–Kier alpha value is -3.80. The second kappa shape index (κ2) is 11.8. The van der Waals surface area contributed by atoms with Crippen LogP contribution < -0.4 is 15.0 Å². The van der Waals surface area contributed by atoms with Crippen LogP contribution in [-0.2, 0) is 19.2 Å². The van der Waals surface area contributed by atoms with Crippen molar-refractivity contribution in [3.63, 3.8) is 0 Å². The topological polar surface area (TPSA) is 113 Å². The summed E-state index contributed by atoms with van der Waals surface area (Å²) in [5, 5.41) is 14.0. The predicted octanol–water partition coefficient (Wildman–Crippen LogP) is 7.64. The molecule has 4 atom stereocenters. The van der Waals surface area contributed by atoms with Crippen molar-refractivity contribution < 1.29 is 29.0 Å². The number of carbonyl (C=O) groups excluding carboxylic acids is 4. The molecule has 1 saturated heterocycles. The van der Waals surface area contributed by atoms with Crippen molar-refractivity contribution in [2.45, 2.75) is 18.8 Å². The van der Waals surface area contributed by atoms with Crippen molar-refractivity contribution in [3.8, 4) is 11.5 Å². The molecule has 7 rings (SSSR count). The number of para-hydroxylation sites is 1. The van der Waals surface area contributed by atoms with E-state index < -0.39 is 23.7 Å². The summed E-state index contributed by atoms with van der Waals surface area (Å²) in [7, 11) is 1.43. The minimum Gasteiger partial charge on any atom is -0.503 e. The average Bonchev–Trinajstić information content (AvgIpc) is 3.32. The molecule has 0 aromatic heterocycles. The lowest BCUT2D eigenvalue weighted by Gasteiger charge is -2.42. The van der Waals surface area contributed by atoms with Gasteiger partial charge < -0.3 is 15.2 Å². The smallest absolute Gasteiger partial charge is 0.238 e. The summed E-state index contributed by atoms with van der Waals surface area (Å²) >= 11 is 10.3. The first-order valence-electron chi connectivity index (χ1n) is 14.5. The van der Waals surface area contributed by atoms with Gasteiger partial charge in [0, 0.05) is 39.0 Å². The average molecular weight is 809 g/mol. The van der Waals surface area contributed by atoms with E-state index in [1.54, 1.807) is 18.2 Å². The Morgan fingerprint density at radius 1 is 0.891 bits per heavy atom. The number of imide groups is 1. The van der Waals surface area contributed by atoms with E-state index in [9.17, 15) is 24.3 Å². The lowest BCUT2D eigenvalue weighted by atomic mass is 9.59. The van der Waals surface area contributed by atoms with Crippen LogP contribution in [0.3, 0.4) is 0 Å². The maximum absolute atomic E-state index is 14.3. The largest absolute Gasteiger partial charge is 0.503 e. The number of nitrogens with one attached hydrogen (secondary N) is 1. The van der Waals surface area contributed by atoms with E-state index in [0.717, 1.165) is 16.9 Å². The summed E-state index contributed by atoms with van der Waals surface area (Å²) in [6.07, 6.45) is 3.68. The third-order valence-corrected chi connectivity index (χ3v) is 12.0. The third-order valence-electron chi connectivity index (χ3n) is 9.22. The van der Waals surface area contributed by atoms with E-state index in [-0.39, 0.29) is 45.8 Å². The van der Waals surface area contributed by atoms with Gasteiger partial charge in [-0.05, 0) is 115 Å². The number of halogens is 3. The maximum Gasteiger partial charge on any atom is 0.238 e. The Kier molecular flexibility index (Phi) is 7.89. The number of fused-ring (bicyclic) bond motifs is 3. The fourth-order valence-corrected chi connectivity index (χ4v) is 8.58. The number of phenols is 1. The summed E-state index contributed by atoms with van der Waals surface area (Å²) in [6, 6.07) is 18.5. The highest BCUT2D eigenvalue weighted by Crippen LogP contribution is 2.58. The van der Waals surface area contributed by atoms with E-state index >= 15 is 0 Å². The number of aromatic hydroxyl groups is 1. The van der Waals surface area contributed by atoms with Gasteiger partial charge in [-0.2, -0.15) is 0 Å². The van der Waals surface area contributed by atoms with Crippen LogP contribution in [0.1, 0.15) is 24.3 Å². The molecule has 0 bridgehead atoms. The molecule has 4 aliphatic rings. The second-order valence-corrected chi connectivity index (χ2v) is 14.0. The molecular formula is C35H25Br3N2O6. The number of methoxy groups -OCH3 is 1. The third kappa shape index (κ3) is 4.82. The van der Waals surface area contributed by atoms with Gasteiger partial charge in [0.25, 0.3) is 0 Å². The molecule has 3 aromatic carbocycles. The lowest BCUT2D eigenvalue weighted by molar-refractivity contribution is -0.123. The van der Waals surface area contributed by atoms with E-state index in [2.05, 4.69) is 53.1 Å². The number of Topliss-reactive ketones (excluding diaryl/α,β-unsaturated/α-hetero) is 1. The molecule has 1 fully saturated rings. The molecule has 1 aliphatic heterocycles. The minimum absolute atomic E-state index is 0.122. The molecule has 0 unspecified atom stereocenters. The molecule has 3 aliphatic carbocycles. The molecule has 11 heteroatoms. The van der Waals surface area contributed by atoms with Gasteiger partial charge in [0.05, 0.1) is 33.6 Å². The van der Waals surface area contributed by atoms with Gasteiger partial charge in [0.15, 0.2) is 23.1 Å². The van der Waals surface area contributed by atoms with Crippen molar-refractivity contribution in [2.75, 3.05) is 17.3 Å². The Morgan fingerprint density at radius 2 is 1.59 bits per heavy atom. The zero-order chi connectivity index (χ0) is 32.4. The zero-order valence-corrected chi connectivity index (χ0v) is 29.0. The summed E-state index contributed by atoms with van der Waals surface area (Å²) in [5.74, 6) is -3.75. The van der Waals surface area contributed by atoms with Crippen LogP contribution in [0.2, 0.25) is 0 Å². The van der Waals surface area contributed by atoms with Crippen molar-refractivity contribution in [1.29, 1.82) is 0 Å². The van der Waals surface area contributed by atoms with Gasteiger partial charge in [-0.1, -0.05) is 29.8 Å². The Balaban J connectivity index is 1.29. The van der Waals surface area contributed by atoms with Crippen LogP contribution in [-0.4, -0.2) is 35.6 Å². The lowest BCUT2D eigenvalue weighted by Crippen LogP contribution is -2.39. The molecule has 0 radical (unpaired) electrons. The first-order chi connectivity index (χ1) is 22.1. The highest BCUT2D eigenvalue weighted by atomic mass is 79.9. The number of hydrogen-bond acceptors (Lipinski definition) is 7.